The van der Waals surface area contributed by atoms with Crippen molar-refractivity contribution in [1.29, 1.82) is 0 Å². The van der Waals surface area contributed by atoms with Gasteiger partial charge in [0, 0.05) is 39.1 Å². The predicted octanol–water partition coefficient (Wildman–Crippen LogP) is 0.379. The quantitative estimate of drug-likeness (QED) is 0.710. The van der Waals surface area contributed by atoms with Crippen LogP contribution < -0.4 is 5.73 Å². The van der Waals surface area contributed by atoms with Gasteiger partial charge in [0.1, 0.15) is 5.69 Å². The first kappa shape index (κ1) is 16.0. The number of carbonyl (C=O) groups is 1. The van der Waals surface area contributed by atoms with Gasteiger partial charge in [0.05, 0.1) is 18.2 Å². The normalized spacial score (nSPS) is 10.7. The molecule has 1 rings (SSSR count). The zero-order valence-corrected chi connectivity index (χ0v) is 12.2. The number of ether oxygens (including phenoxy) is 2. The lowest BCUT2D eigenvalue weighted by atomic mass is 10.3. The second-order valence-corrected chi connectivity index (χ2v) is 4.89. The molecule has 0 aliphatic rings. The standard InChI is InChI=1S/C12H21N3O3S/c1-17-7-5-15(6-8-18-2)12(16)10-9-19-11(14-10)3-4-13/h9H,3-8,13H2,1-2H3. The van der Waals surface area contributed by atoms with Crippen LogP contribution in [0.2, 0.25) is 0 Å². The molecule has 0 aliphatic heterocycles. The molecule has 0 saturated heterocycles. The van der Waals surface area contributed by atoms with Crippen LogP contribution in [0.15, 0.2) is 5.38 Å². The van der Waals surface area contributed by atoms with Crippen molar-refractivity contribution >= 4 is 17.2 Å². The molecule has 0 atom stereocenters. The number of hydrogen-bond donors (Lipinski definition) is 1. The monoisotopic (exact) mass is 287 g/mol. The van der Waals surface area contributed by atoms with E-state index in [1.165, 1.54) is 11.3 Å². The summed E-state index contributed by atoms with van der Waals surface area (Å²) in [7, 11) is 3.22. The highest BCUT2D eigenvalue weighted by Gasteiger charge is 2.18. The molecule has 1 aromatic heterocycles. The molecule has 0 spiro atoms. The van der Waals surface area contributed by atoms with Crippen molar-refractivity contribution in [3.8, 4) is 0 Å². The van der Waals surface area contributed by atoms with Crippen molar-refractivity contribution in [2.45, 2.75) is 6.42 Å². The van der Waals surface area contributed by atoms with Crippen LogP contribution in [0, 0.1) is 0 Å². The summed E-state index contributed by atoms with van der Waals surface area (Å²) in [6.07, 6.45) is 0.702. The first-order valence-electron chi connectivity index (χ1n) is 6.14. The highest BCUT2D eigenvalue weighted by molar-refractivity contribution is 7.09. The number of aromatic nitrogens is 1. The number of nitrogens with two attached hydrogens (primary N) is 1. The number of hydrogen-bond acceptors (Lipinski definition) is 6. The molecule has 7 heteroatoms. The molecule has 1 aromatic rings. The summed E-state index contributed by atoms with van der Waals surface area (Å²) in [6, 6.07) is 0. The van der Waals surface area contributed by atoms with E-state index >= 15 is 0 Å². The summed E-state index contributed by atoms with van der Waals surface area (Å²) in [4.78, 5) is 18.3. The maximum absolute atomic E-state index is 12.3. The Morgan fingerprint density at radius 1 is 1.37 bits per heavy atom. The van der Waals surface area contributed by atoms with E-state index < -0.39 is 0 Å². The van der Waals surface area contributed by atoms with E-state index in [4.69, 9.17) is 15.2 Å². The Morgan fingerprint density at radius 3 is 2.53 bits per heavy atom. The van der Waals surface area contributed by atoms with Gasteiger partial charge < -0.3 is 20.1 Å². The SMILES string of the molecule is COCCN(CCOC)C(=O)c1csc(CCN)n1. The minimum absolute atomic E-state index is 0.0892. The fourth-order valence-electron chi connectivity index (χ4n) is 1.53. The predicted molar refractivity (Wildman–Crippen MR) is 74.5 cm³/mol. The maximum atomic E-state index is 12.3. The molecule has 2 N–H and O–H groups in total. The Bertz CT molecular complexity index is 376. The molecule has 108 valence electrons. The summed E-state index contributed by atoms with van der Waals surface area (Å²) in [5, 5.41) is 2.67. The van der Waals surface area contributed by atoms with Gasteiger partial charge >= 0.3 is 0 Å². The Labute approximate surface area is 117 Å². The second-order valence-electron chi connectivity index (χ2n) is 3.94. The highest BCUT2D eigenvalue weighted by atomic mass is 32.1. The number of nitrogens with zero attached hydrogens (tertiary/aromatic N) is 2. The first-order valence-corrected chi connectivity index (χ1v) is 7.02. The molecule has 1 heterocycles. The highest BCUT2D eigenvalue weighted by Crippen LogP contribution is 2.12. The molecule has 1 amide bonds. The molecule has 0 aliphatic carbocycles. The third kappa shape index (κ3) is 5.23. The van der Waals surface area contributed by atoms with Crippen LogP contribution in [0.5, 0.6) is 0 Å². The average Bonchev–Trinajstić information content (AvgIpc) is 2.87. The van der Waals surface area contributed by atoms with Crippen LogP contribution in [0.3, 0.4) is 0 Å². The minimum atomic E-state index is -0.0892. The molecular formula is C12H21N3O3S. The number of carbonyl (C=O) groups excluding carboxylic acids is 1. The van der Waals surface area contributed by atoms with Crippen molar-refractivity contribution in [1.82, 2.24) is 9.88 Å². The number of thiazole rings is 1. The van der Waals surface area contributed by atoms with E-state index in [1.54, 1.807) is 24.5 Å². The van der Waals surface area contributed by atoms with E-state index in [0.29, 0.717) is 45.0 Å². The van der Waals surface area contributed by atoms with Gasteiger partial charge in [0.2, 0.25) is 0 Å². The van der Waals surface area contributed by atoms with Gasteiger partial charge in [0.15, 0.2) is 0 Å². The summed E-state index contributed by atoms with van der Waals surface area (Å²) in [5.41, 5.74) is 5.95. The number of amides is 1. The maximum Gasteiger partial charge on any atom is 0.273 e. The van der Waals surface area contributed by atoms with E-state index in [2.05, 4.69) is 4.98 Å². The van der Waals surface area contributed by atoms with Crippen LogP contribution in [0.4, 0.5) is 0 Å². The van der Waals surface area contributed by atoms with Gasteiger partial charge in [-0.3, -0.25) is 4.79 Å². The van der Waals surface area contributed by atoms with E-state index in [-0.39, 0.29) is 5.91 Å². The number of rotatable bonds is 9. The molecule has 0 bridgehead atoms. The van der Waals surface area contributed by atoms with Crippen molar-refractivity contribution in [3.63, 3.8) is 0 Å². The van der Waals surface area contributed by atoms with Crippen LogP contribution in [-0.4, -0.2) is 62.9 Å². The fraction of sp³-hybridized carbons (Fsp3) is 0.667. The van der Waals surface area contributed by atoms with Gasteiger partial charge in [-0.05, 0) is 6.54 Å². The Balaban J connectivity index is 2.66. The Morgan fingerprint density at radius 2 is 2.00 bits per heavy atom. The molecule has 19 heavy (non-hydrogen) atoms. The van der Waals surface area contributed by atoms with Gasteiger partial charge in [-0.2, -0.15) is 0 Å². The molecular weight excluding hydrogens is 266 g/mol. The van der Waals surface area contributed by atoms with Crippen LogP contribution in [0.25, 0.3) is 0 Å². The Hall–Kier alpha value is -1.02. The lowest BCUT2D eigenvalue weighted by Crippen LogP contribution is -2.36. The smallest absolute Gasteiger partial charge is 0.273 e. The van der Waals surface area contributed by atoms with Gasteiger partial charge in [-0.25, -0.2) is 4.98 Å². The van der Waals surface area contributed by atoms with Crippen molar-refractivity contribution < 1.29 is 14.3 Å². The van der Waals surface area contributed by atoms with Gasteiger partial charge in [0.25, 0.3) is 5.91 Å². The molecule has 0 radical (unpaired) electrons. The third-order valence-electron chi connectivity index (χ3n) is 2.55. The van der Waals surface area contributed by atoms with Gasteiger partial charge in [-0.1, -0.05) is 0 Å². The second kappa shape index (κ2) is 8.98. The Kier molecular flexibility index (Phi) is 7.57. The van der Waals surface area contributed by atoms with Gasteiger partial charge in [-0.15, -0.1) is 11.3 Å². The van der Waals surface area contributed by atoms with E-state index in [9.17, 15) is 4.79 Å². The summed E-state index contributed by atoms with van der Waals surface area (Å²) < 4.78 is 10.0. The lowest BCUT2D eigenvalue weighted by Gasteiger charge is -2.20. The van der Waals surface area contributed by atoms with Crippen molar-refractivity contribution in [2.75, 3.05) is 47.1 Å². The van der Waals surface area contributed by atoms with Crippen LogP contribution in [-0.2, 0) is 15.9 Å². The fourth-order valence-corrected chi connectivity index (χ4v) is 2.32. The van der Waals surface area contributed by atoms with E-state index in [0.717, 1.165) is 5.01 Å². The molecule has 6 nitrogen and oxygen atoms in total. The average molecular weight is 287 g/mol. The summed E-state index contributed by atoms with van der Waals surface area (Å²) in [6.45, 7) is 2.59. The zero-order valence-electron chi connectivity index (χ0n) is 11.4. The topological polar surface area (TPSA) is 77.7 Å². The molecule has 0 unspecified atom stereocenters. The summed E-state index contributed by atoms with van der Waals surface area (Å²) >= 11 is 1.47. The molecule has 0 saturated carbocycles. The lowest BCUT2D eigenvalue weighted by molar-refractivity contribution is 0.0622. The van der Waals surface area contributed by atoms with Crippen molar-refractivity contribution in [2.24, 2.45) is 5.73 Å². The summed E-state index contributed by atoms with van der Waals surface area (Å²) in [5.74, 6) is -0.0892. The minimum Gasteiger partial charge on any atom is -0.383 e. The largest absolute Gasteiger partial charge is 0.383 e. The first-order chi connectivity index (χ1) is 9.22. The number of methoxy groups -OCH3 is 2. The molecule has 0 aromatic carbocycles. The molecule has 0 fully saturated rings. The van der Waals surface area contributed by atoms with Crippen LogP contribution >= 0.6 is 11.3 Å². The van der Waals surface area contributed by atoms with E-state index in [1.807, 2.05) is 0 Å². The van der Waals surface area contributed by atoms with Crippen molar-refractivity contribution in [3.05, 3.63) is 16.1 Å². The van der Waals surface area contributed by atoms with Crippen LogP contribution in [0.1, 0.15) is 15.5 Å². The third-order valence-corrected chi connectivity index (χ3v) is 3.46. The zero-order chi connectivity index (χ0) is 14.1.